The minimum Gasteiger partial charge on any atom is -0.444 e. The van der Waals surface area contributed by atoms with Crippen LogP contribution in [-0.2, 0) is 9.53 Å². The van der Waals surface area contributed by atoms with Crippen molar-refractivity contribution in [3.63, 3.8) is 0 Å². The van der Waals surface area contributed by atoms with E-state index in [1.54, 1.807) is 34.6 Å². The summed E-state index contributed by atoms with van der Waals surface area (Å²) in [6, 6.07) is 1.90. The molecular formula is C9H15NO2. The molecule has 0 aliphatic carbocycles. The van der Waals surface area contributed by atoms with Crippen LogP contribution in [0.1, 0.15) is 34.6 Å². The van der Waals surface area contributed by atoms with E-state index in [9.17, 15) is 4.79 Å². The summed E-state index contributed by atoms with van der Waals surface area (Å²) < 4.78 is 4.95. The molecule has 0 radical (unpaired) electrons. The molecule has 0 heterocycles. The molecule has 0 rings (SSSR count). The van der Waals surface area contributed by atoms with Gasteiger partial charge in [0.15, 0.2) is 5.60 Å². The topological polar surface area (TPSA) is 50.1 Å². The average molecular weight is 169 g/mol. The Morgan fingerprint density at radius 3 is 1.92 bits per heavy atom. The number of nitriles is 1. The van der Waals surface area contributed by atoms with Crippen molar-refractivity contribution in [3.05, 3.63) is 0 Å². The minimum atomic E-state index is -1.02. The Labute approximate surface area is 73.3 Å². The number of esters is 1. The van der Waals surface area contributed by atoms with Gasteiger partial charge >= 0.3 is 5.97 Å². The van der Waals surface area contributed by atoms with Crippen molar-refractivity contribution in [2.45, 2.75) is 40.2 Å². The van der Waals surface area contributed by atoms with Gasteiger partial charge in [-0.25, -0.2) is 0 Å². The summed E-state index contributed by atoms with van der Waals surface area (Å²) in [5, 5.41) is 8.58. The van der Waals surface area contributed by atoms with Gasteiger partial charge in [-0.05, 0) is 34.6 Å². The van der Waals surface area contributed by atoms with Gasteiger partial charge in [-0.15, -0.1) is 0 Å². The first kappa shape index (κ1) is 11.0. The first-order valence-corrected chi connectivity index (χ1v) is 3.84. The van der Waals surface area contributed by atoms with Crippen LogP contribution in [0.3, 0.4) is 0 Å². The van der Waals surface area contributed by atoms with Crippen molar-refractivity contribution < 1.29 is 9.53 Å². The summed E-state index contributed by atoms with van der Waals surface area (Å²) in [5.74, 6) is -0.353. The monoisotopic (exact) mass is 169 g/mol. The lowest BCUT2D eigenvalue weighted by molar-refractivity contribution is -0.161. The molecule has 0 aliphatic heterocycles. The Morgan fingerprint density at radius 2 is 1.67 bits per heavy atom. The quantitative estimate of drug-likeness (QED) is 0.563. The maximum atomic E-state index is 11.3. The Balaban J connectivity index is 4.33. The molecule has 0 bridgehead atoms. The first-order chi connectivity index (χ1) is 5.19. The van der Waals surface area contributed by atoms with Crippen LogP contribution in [0.4, 0.5) is 0 Å². The molecule has 0 aromatic rings. The standard InChI is InChI=1S/C9H15NO2/c1-8(2,3)7(11)12-9(4,5)6-10/h1-5H3. The number of carbonyl (C=O) groups excluding carboxylic acids is 1. The van der Waals surface area contributed by atoms with Gasteiger partial charge in [0, 0.05) is 0 Å². The summed E-state index contributed by atoms with van der Waals surface area (Å²) >= 11 is 0. The largest absolute Gasteiger partial charge is 0.444 e. The number of carbonyl (C=O) groups is 1. The normalized spacial score (nSPS) is 12.0. The molecule has 0 saturated carbocycles. The van der Waals surface area contributed by atoms with Crippen LogP contribution in [0, 0.1) is 16.7 Å². The van der Waals surface area contributed by atoms with Gasteiger partial charge in [-0.3, -0.25) is 4.79 Å². The smallest absolute Gasteiger partial charge is 0.312 e. The van der Waals surface area contributed by atoms with Crippen molar-refractivity contribution in [2.24, 2.45) is 5.41 Å². The molecule has 0 fully saturated rings. The van der Waals surface area contributed by atoms with E-state index < -0.39 is 11.0 Å². The molecule has 0 aromatic carbocycles. The fraction of sp³-hybridized carbons (Fsp3) is 0.778. The predicted octanol–water partition coefficient (Wildman–Crippen LogP) is 1.88. The van der Waals surface area contributed by atoms with Crippen LogP contribution in [0.25, 0.3) is 0 Å². The zero-order chi connectivity index (χ0) is 9.99. The molecule has 0 N–H and O–H groups in total. The average Bonchev–Trinajstić information content (AvgIpc) is 1.85. The van der Waals surface area contributed by atoms with Crippen LogP contribution < -0.4 is 0 Å². The van der Waals surface area contributed by atoms with Crippen molar-refractivity contribution >= 4 is 5.97 Å². The third kappa shape index (κ3) is 3.38. The first-order valence-electron chi connectivity index (χ1n) is 3.84. The summed E-state index contributed by atoms with van der Waals surface area (Å²) in [7, 11) is 0. The van der Waals surface area contributed by atoms with Crippen molar-refractivity contribution in [2.75, 3.05) is 0 Å². The van der Waals surface area contributed by atoms with Crippen LogP contribution in [0.2, 0.25) is 0 Å². The fourth-order valence-corrected chi connectivity index (χ4v) is 0.408. The molecule has 3 heteroatoms. The molecule has 0 spiro atoms. The molecule has 0 amide bonds. The molecule has 0 aliphatic rings. The Hall–Kier alpha value is -1.04. The lowest BCUT2D eigenvalue weighted by Gasteiger charge is -2.23. The van der Waals surface area contributed by atoms with E-state index in [1.165, 1.54) is 0 Å². The van der Waals surface area contributed by atoms with Crippen molar-refractivity contribution in [1.82, 2.24) is 0 Å². The van der Waals surface area contributed by atoms with E-state index in [-0.39, 0.29) is 5.97 Å². The van der Waals surface area contributed by atoms with E-state index in [4.69, 9.17) is 10.00 Å². The lowest BCUT2D eigenvalue weighted by atomic mass is 9.97. The van der Waals surface area contributed by atoms with E-state index >= 15 is 0 Å². The fourth-order valence-electron chi connectivity index (χ4n) is 0.408. The number of ether oxygens (including phenoxy) is 1. The highest BCUT2D eigenvalue weighted by Gasteiger charge is 2.30. The highest BCUT2D eigenvalue weighted by molar-refractivity contribution is 5.76. The summed E-state index contributed by atoms with van der Waals surface area (Å²) in [6.45, 7) is 8.39. The predicted molar refractivity (Wildman–Crippen MR) is 45.2 cm³/mol. The molecule has 0 atom stereocenters. The van der Waals surface area contributed by atoms with E-state index in [0.717, 1.165) is 0 Å². The number of hydrogen-bond acceptors (Lipinski definition) is 3. The van der Waals surface area contributed by atoms with Crippen molar-refractivity contribution in [1.29, 1.82) is 5.26 Å². The molecule has 0 saturated heterocycles. The number of nitrogens with zero attached hydrogens (tertiary/aromatic N) is 1. The van der Waals surface area contributed by atoms with E-state index in [0.29, 0.717) is 0 Å². The van der Waals surface area contributed by atoms with Crippen LogP contribution >= 0.6 is 0 Å². The van der Waals surface area contributed by atoms with Crippen LogP contribution in [0.5, 0.6) is 0 Å². The van der Waals surface area contributed by atoms with Crippen molar-refractivity contribution in [3.8, 4) is 6.07 Å². The number of hydrogen-bond donors (Lipinski definition) is 0. The zero-order valence-corrected chi connectivity index (χ0v) is 8.26. The third-order valence-corrected chi connectivity index (χ3v) is 1.23. The highest BCUT2D eigenvalue weighted by Crippen LogP contribution is 2.19. The maximum absolute atomic E-state index is 11.3. The summed E-state index contributed by atoms with van der Waals surface area (Å²) in [4.78, 5) is 11.3. The second-order valence-electron chi connectivity index (χ2n) is 4.26. The molecular weight excluding hydrogens is 154 g/mol. The third-order valence-electron chi connectivity index (χ3n) is 1.23. The van der Waals surface area contributed by atoms with E-state index in [1.807, 2.05) is 6.07 Å². The van der Waals surface area contributed by atoms with Gasteiger partial charge < -0.3 is 4.74 Å². The Kier molecular flexibility index (Phi) is 2.87. The van der Waals surface area contributed by atoms with Crippen LogP contribution in [0.15, 0.2) is 0 Å². The maximum Gasteiger partial charge on any atom is 0.312 e. The molecule has 12 heavy (non-hydrogen) atoms. The highest BCUT2D eigenvalue weighted by atomic mass is 16.6. The van der Waals surface area contributed by atoms with Gasteiger partial charge in [0.1, 0.15) is 6.07 Å². The second kappa shape index (κ2) is 3.14. The second-order valence-corrected chi connectivity index (χ2v) is 4.26. The zero-order valence-electron chi connectivity index (χ0n) is 8.26. The molecule has 0 aromatic heterocycles. The molecule has 68 valence electrons. The van der Waals surface area contributed by atoms with Gasteiger partial charge in [-0.1, -0.05) is 0 Å². The van der Waals surface area contributed by atoms with Gasteiger partial charge in [-0.2, -0.15) is 5.26 Å². The molecule has 3 nitrogen and oxygen atoms in total. The Bertz CT molecular complexity index is 218. The van der Waals surface area contributed by atoms with E-state index in [2.05, 4.69) is 0 Å². The minimum absolute atomic E-state index is 0.353. The van der Waals surface area contributed by atoms with Crippen LogP contribution in [-0.4, -0.2) is 11.6 Å². The van der Waals surface area contributed by atoms with Gasteiger partial charge in [0.25, 0.3) is 0 Å². The Morgan fingerprint density at radius 1 is 1.25 bits per heavy atom. The number of rotatable bonds is 1. The molecule has 0 unspecified atom stereocenters. The summed E-state index contributed by atoms with van der Waals surface area (Å²) in [6.07, 6.45) is 0. The lowest BCUT2D eigenvalue weighted by Crippen LogP contribution is -2.33. The SMILES string of the molecule is CC(C)(C#N)OC(=O)C(C)(C)C. The van der Waals surface area contributed by atoms with Gasteiger partial charge in [0.05, 0.1) is 5.41 Å². The van der Waals surface area contributed by atoms with Gasteiger partial charge in [0.2, 0.25) is 0 Å². The summed E-state index contributed by atoms with van der Waals surface area (Å²) in [5.41, 5.74) is -1.57.